The Bertz CT molecular complexity index is 324. The molecular formula is C15H25NO. The Morgan fingerprint density at radius 3 is 2.24 bits per heavy atom. The smallest absolute Gasteiger partial charge is 0.119 e. The first-order chi connectivity index (χ1) is 7.95. The van der Waals surface area contributed by atoms with E-state index in [9.17, 15) is 0 Å². The molecule has 96 valence electrons. The highest BCUT2D eigenvalue weighted by atomic mass is 16.5. The Kier molecular flexibility index (Phi) is 5.01. The van der Waals surface area contributed by atoms with Crippen LogP contribution in [0, 0.1) is 5.41 Å². The molecule has 2 N–H and O–H groups in total. The summed E-state index contributed by atoms with van der Waals surface area (Å²) in [6.07, 6.45) is 2.26. The second kappa shape index (κ2) is 6.06. The van der Waals surface area contributed by atoms with Crippen LogP contribution in [0.2, 0.25) is 0 Å². The van der Waals surface area contributed by atoms with Crippen LogP contribution >= 0.6 is 0 Å². The van der Waals surface area contributed by atoms with Crippen LogP contribution in [0.25, 0.3) is 0 Å². The van der Waals surface area contributed by atoms with E-state index in [2.05, 4.69) is 39.8 Å². The summed E-state index contributed by atoms with van der Waals surface area (Å²) in [6, 6.07) is 8.22. The molecule has 0 bridgehead atoms. The molecule has 0 heterocycles. The highest BCUT2D eigenvalue weighted by Gasteiger charge is 2.21. The molecule has 0 aliphatic rings. The average molecular weight is 235 g/mol. The number of benzene rings is 1. The first-order valence-corrected chi connectivity index (χ1v) is 6.43. The SMILES string of the molecule is CCCCOc1ccc(C(N)C(C)(C)C)cc1. The fourth-order valence-electron chi connectivity index (χ4n) is 1.61. The van der Waals surface area contributed by atoms with E-state index in [-0.39, 0.29) is 11.5 Å². The number of hydrogen-bond acceptors (Lipinski definition) is 2. The Labute approximate surface area is 105 Å². The third kappa shape index (κ3) is 4.39. The molecule has 1 aromatic carbocycles. The zero-order valence-corrected chi connectivity index (χ0v) is 11.5. The van der Waals surface area contributed by atoms with Crippen molar-refractivity contribution in [3.05, 3.63) is 29.8 Å². The fourth-order valence-corrected chi connectivity index (χ4v) is 1.61. The minimum absolute atomic E-state index is 0.0622. The maximum atomic E-state index is 6.20. The van der Waals surface area contributed by atoms with Gasteiger partial charge in [-0.05, 0) is 29.5 Å². The molecule has 0 saturated heterocycles. The van der Waals surface area contributed by atoms with E-state index in [4.69, 9.17) is 10.5 Å². The molecule has 0 radical (unpaired) electrons. The zero-order chi connectivity index (χ0) is 12.9. The number of rotatable bonds is 5. The fraction of sp³-hybridized carbons (Fsp3) is 0.600. The molecule has 17 heavy (non-hydrogen) atoms. The van der Waals surface area contributed by atoms with E-state index in [1.165, 1.54) is 5.56 Å². The summed E-state index contributed by atoms with van der Waals surface area (Å²) in [5.74, 6) is 0.934. The van der Waals surface area contributed by atoms with Crippen LogP contribution in [0.4, 0.5) is 0 Å². The zero-order valence-electron chi connectivity index (χ0n) is 11.5. The maximum Gasteiger partial charge on any atom is 0.119 e. The number of unbranched alkanes of at least 4 members (excludes halogenated alkanes) is 1. The van der Waals surface area contributed by atoms with Gasteiger partial charge in [0.15, 0.2) is 0 Å². The van der Waals surface area contributed by atoms with Gasteiger partial charge in [0.2, 0.25) is 0 Å². The van der Waals surface area contributed by atoms with Crippen molar-refractivity contribution in [2.24, 2.45) is 11.1 Å². The second-order valence-electron chi connectivity index (χ2n) is 5.61. The normalized spacial score (nSPS) is 13.5. The maximum absolute atomic E-state index is 6.20. The molecule has 1 unspecified atom stereocenters. The number of hydrogen-bond donors (Lipinski definition) is 1. The van der Waals surface area contributed by atoms with Gasteiger partial charge in [-0.3, -0.25) is 0 Å². The van der Waals surface area contributed by atoms with Gasteiger partial charge < -0.3 is 10.5 Å². The van der Waals surface area contributed by atoms with Gasteiger partial charge in [-0.1, -0.05) is 46.2 Å². The van der Waals surface area contributed by atoms with E-state index in [0.29, 0.717) is 0 Å². The van der Waals surface area contributed by atoms with Crippen LogP contribution in [-0.2, 0) is 0 Å². The van der Waals surface area contributed by atoms with Gasteiger partial charge in [-0.25, -0.2) is 0 Å². The Morgan fingerprint density at radius 1 is 1.18 bits per heavy atom. The number of nitrogens with two attached hydrogens (primary N) is 1. The third-order valence-corrected chi connectivity index (χ3v) is 2.94. The van der Waals surface area contributed by atoms with E-state index < -0.39 is 0 Å². The molecule has 0 aliphatic carbocycles. The van der Waals surface area contributed by atoms with Gasteiger partial charge in [-0.15, -0.1) is 0 Å². The molecule has 1 atom stereocenters. The van der Waals surface area contributed by atoms with Crippen molar-refractivity contribution in [1.82, 2.24) is 0 Å². The molecule has 1 aromatic rings. The molecule has 0 aliphatic heterocycles. The molecule has 2 heteroatoms. The summed E-state index contributed by atoms with van der Waals surface area (Å²) >= 11 is 0. The summed E-state index contributed by atoms with van der Waals surface area (Å²) in [6.45, 7) is 9.42. The average Bonchev–Trinajstić information content (AvgIpc) is 2.28. The van der Waals surface area contributed by atoms with Crippen molar-refractivity contribution < 1.29 is 4.74 Å². The summed E-state index contributed by atoms with van der Waals surface area (Å²) in [5, 5.41) is 0. The topological polar surface area (TPSA) is 35.2 Å². The predicted octanol–water partition coefficient (Wildman–Crippen LogP) is 3.91. The van der Waals surface area contributed by atoms with Gasteiger partial charge in [-0.2, -0.15) is 0 Å². The summed E-state index contributed by atoms with van der Waals surface area (Å²) < 4.78 is 5.63. The van der Waals surface area contributed by atoms with Crippen molar-refractivity contribution in [2.45, 2.75) is 46.6 Å². The van der Waals surface area contributed by atoms with Gasteiger partial charge in [0.1, 0.15) is 5.75 Å². The van der Waals surface area contributed by atoms with Crippen LogP contribution in [-0.4, -0.2) is 6.61 Å². The Balaban J connectivity index is 2.61. The minimum atomic E-state index is 0.0622. The molecule has 0 amide bonds. The van der Waals surface area contributed by atoms with Crippen LogP contribution < -0.4 is 10.5 Å². The van der Waals surface area contributed by atoms with Crippen molar-refractivity contribution in [3.63, 3.8) is 0 Å². The largest absolute Gasteiger partial charge is 0.494 e. The Hall–Kier alpha value is -1.02. The lowest BCUT2D eigenvalue weighted by atomic mass is 9.83. The van der Waals surface area contributed by atoms with Crippen molar-refractivity contribution >= 4 is 0 Å². The molecule has 0 aromatic heterocycles. The quantitative estimate of drug-likeness (QED) is 0.785. The van der Waals surface area contributed by atoms with Gasteiger partial charge in [0.05, 0.1) is 6.61 Å². The van der Waals surface area contributed by atoms with E-state index >= 15 is 0 Å². The van der Waals surface area contributed by atoms with E-state index in [1.807, 2.05) is 12.1 Å². The van der Waals surface area contributed by atoms with E-state index in [1.54, 1.807) is 0 Å². The lowest BCUT2D eigenvalue weighted by Gasteiger charge is -2.27. The minimum Gasteiger partial charge on any atom is -0.494 e. The highest BCUT2D eigenvalue weighted by molar-refractivity contribution is 5.29. The van der Waals surface area contributed by atoms with Crippen LogP contribution in [0.5, 0.6) is 5.75 Å². The van der Waals surface area contributed by atoms with Gasteiger partial charge in [0.25, 0.3) is 0 Å². The van der Waals surface area contributed by atoms with Crippen LogP contribution in [0.15, 0.2) is 24.3 Å². The van der Waals surface area contributed by atoms with Crippen molar-refractivity contribution in [3.8, 4) is 5.75 Å². The van der Waals surface area contributed by atoms with Crippen LogP contribution in [0.1, 0.15) is 52.1 Å². The van der Waals surface area contributed by atoms with Gasteiger partial charge >= 0.3 is 0 Å². The second-order valence-corrected chi connectivity index (χ2v) is 5.61. The summed E-state index contributed by atoms with van der Waals surface area (Å²) in [5.41, 5.74) is 7.46. The summed E-state index contributed by atoms with van der Waals surface area (Å²) in [4.78, 5) is 0. The van der Waals surface area contributed by atoms with E-state index in [0.717, 1.165) is 25.2 Å². The predicted molar refractivity (Wildman–Crippen MR) is 73.2 cm³/mol. The first kappa shape index (κ1) is 14.0. The molecular weight excluding hydrogens is 210 g/mol. The first-order valence-electron chi connectivity index (χ1n) is 6.43. The molecule has 0 saturated carbocycles. The van der Waals surface area contributed by atoms with Crippen molar-refractivity contribution in [2.75, 3.05) is 6.61 Å². The molecule has 0 fully saturated rings. The molecule has 0 spiro atoms. The lowest BCUT2D eigenvalue weighted by Crippen LogP contribution is -2.26. The summed E-state index contributed by atoms with van der Waals surface area (Å²) in [7, 11) is 0. The number of ether oxygens (including phenoxy) is 1. The monoisotopic (exact) mass is 235 g/mol. The molecule has 1 rings (SSSR count). The van der Waals surface area contributed by atoms with Crippen molar-refractivity contribution in [1.29, 1.82) is 0 Å². The highest BCUT2D eigenvalue weighted by Crippen LogP contribution is 2.31. The third-order valence-electron chi connectivity index (χ3n) is 2.94. The Morgan fingerprint density at radius 2 is 1.76 bits per heavy atom. The van der Waals surface area contributed by atoms with Gasteiger partial charge in [0, 0.05) is 6.04 Å². The lowest BCUT2D eigenvalue weighted by molar-refractivity contribution is 0.307. The molecule has 2 nitrogen and oxygen atoms in total. The van der Waals surface area contributed by atoms with Crippen LogP contribution in [0.3, 0.4) is 0 Å². The standard InChI is InChI=1S/C15H25NO/c1-5-6-11-17-13-9-7-12(8-10-13)14(16)15(2,3)4/h7-10,14H,5-6,11,16H2,1-4H3.